The number of nitrogens with one attached hydrogen (secondary N) is 1. The molecular weight excluding hydrogens is 214 g/mol. The van der Waals surface area contributed by atoms with Crippen molar-refractivity contribution in [3.63, 3.8) is 0 Å². The summed E-state index contributed by atoms with van der Waals surface area (Å²) in [6.07, 6.45) is 1.32. The lowest BCUT2D eigenvalue weighted by atomic mass is 10.4. The van der Waals surface area contributed by atoms with Crippen LogP contribution in [0.25, 0.3) is 0 Å². The van der Waals surface area contributed by atoms with Crippen molar-refractivity contribution in [1.29, 1.82) is 0 Å². The number of nitro groups is 1. The predicted octanol–water partition coefficient (Wildman–Crippen LogP) is 2.47. The first-order valence-corrected chi connectivity index (χ1v) is 4.99. The van der Waals surface area contributed by atoms with Gasteiger partial charge < -0.3 is 10.1 Å². The van der Waals surface area contributed by atoms with Crippen molar-refractivity contribution in [3.8, 4) is 0 Å². The van der Waals surface area contributed by atoms with Crippen LogP contribution < -0.4 is 0 Å². The van der Waals surface area contributed by atoms with Gasteiger partial charge in [-0.2, -0.15) is 0 Å². The first kappa shape index (κ1) is 9.72. The van der Waals surface area contributed by atoms with Gasteiger partial charge in [0.1, 0.15) is 0 Å². The van der Waals surface area contributed by atoms with Crippen LogP contribution in [0.5, 0.6) is 0 Å². The van der Waals surface area contributed by atoms with Crippen molar-refractivity contribution in [2.75, 3.05) is 0 Å². The lowest BCUT2D eigenvalue weighted by molar-refractivity contribution is -0.392. The second kappa shape index (κ2) is 4.14. The number of nitrogens with zero attached hydrogens (tertiary/aromatic N) is 2. The zero-order valence-corrected chi connectivity index (χ0v) is 8.40. The minimum Gasteiger partial charge on any atom is -0.358 e. The lowest BCUT2D eigenvalue weighted by Gasteiger charge is -1.97. The molecule has 0 radical (unpaired) electrons. The molecule has 0 unspecified atom stereocenters. The summed E-state index contributed by atoms with van der Waals surface area (Å²) in [6.45, 7) is 0. The van der Waals surface area contributed by atoms with Crippen LogP contribution >= 0.6 is 11.8 Å². The van der Waals surface area contributed by atoms with Crippen molar-refractivity contribution < 1.29 is 4.92 Å². The van der Waals surface area contributed by atoms with Crippen molar-refractivity contribution in [2.45, 2.75) is 9.92 Å². The zero-order chi connectivity index (χ0) is 10.7. The second-order valence-electron chi connectivity index (χ2n) is 2.73. The van der Waals surface area contributed by atoms with E-state index < -0.39 is 4.92 Å². The molecule has 0 fully saturated rings. The van der Waals surface area contributed by atoms with E-state index in [1.165, 1.54) is 18.1 Å². The predicted molar refractivity (Wildman–Crippen MR) is 55.8 cm³/mol. The number of rotatable bonds is 3. The van der Waals surface area contributed by atoms with E-state index in [1.807, 2.05) is 30.3 Å². The Labute approximate surface area is 89.7 Å². The number of imidazole rings is 1. The summed E-state index contributed by atoms with van der Waals surface area (Å²) >= 11 is 1.27. The summed E-state index contributed by atoms with van der Waals surface area (Å²) in [6, 6.07) is 9.40. The molecule has 2 rings (SSSR count). The van der Waals surface area contributed by atoms with Gasteiger partial charge >= 0.3 is 5.82 Å². The van der Waals surface area contributed by atoms with Gasteiger partial charge in [0.25, 0.3) is 0 Å². The Kier molecular flexibility index (Phi) is 2.68. The maximum atomic E-state index is 10.6. The maximum absolute atomic E-state index is 10.6. The molecule has 5 nitrogen and oxygen atoms in total. The van der Waals surface area contributed by atoms with Gasteiger partial charge in [-0.15, -0.1) is 0 Å². The Morgan fingerprint density at radius 3 is 2.73 bits per heavy atom. The molecule has 0 amide bonds. The summed E-state index contributed by atoms with van der Waals surface area (Å²) < 4.78 is 0. The number of aromatic amines is 1. The molecule has 0 aliphatic rings. The second-order valence-corrected chi connectivity index (χ2v) is 3.79. The Bertz CT molecular complexity index is 469. The molecule has 0 spiro atoms. The van der Waals surface area contributed by atoms with Gasteiger partial charge in [0, 0.05) is 4.90 Å². The minimum atomic E-state index is -0.474. The molecule has 2 aromatic rings. The standard InChI is InChI=1S/C9H7N3O2S/c13-12(14)8-9(11-6-10-8)15-7-4-2-1-3-5-7/h1-6H,(H,10,11). The topological polar surface area (TPSA) is 71.8 Å². The quantitative estimate of drug-likeness (QED) is 0.638. The SMILES string of the molecule is O=[N+]([O-])c1[nH]cnc1Sc1ccccc1. The van der Waals surface area contributed by atoms with Crippen LogP contribution in [0.4, 0.5) is 5.82 Å². The monoisotopic (exact) mass is 221 g/mol. The third-order valence-corrected chi connectivity index (χ3v) is 2.73. The number of H-pyrrole nitrogens is 1. The zero-order valence-electron chi connectivity index (χ0n) is 7.58. The van der Waals surface area contributed by atoms with Crippen molar-refractivity contribution in [3.05, 3.63) is 46.8 Å². The van der Waals surface area contributed by atoms with Gasteiger partial charge in [-0.05, 0) is 17.1 Å². The Morgan fingerprint density at radius 1 is 1.33 bits per heavy atom. The summed E-state index contributed by atoms with van der Waals surface area (Å²) in [5, 5.41) is 11.0. The fourth-order valence-corrected chi connectivity index (χ4v) is 1.93. The van der Waals surface area contributed by atoms with E-state index in [4.69, 9.17) is 0 Å². The molecule has 0 bridgehead atoms. The molecule has 0 aliphatic heterocycles. The molecule has 76 valence electrons. The van der Waals surface area contributed by atoms with Crippen LogP contribution in [0.15, 0.2) is 46.6 Å². The van der Waals surface area contributed by atoms with Crippen LogP contribution in [-0.2, 0) is 0 Å². The summed E-state index contributed by atoms with van der Waals surface area (Å²) in [5.41, 5.74) is 0. The summed E-state index contributed by atoms with van der Waals surface area (Å²) in [4.78, 5) is 17.4. The number of hydrogen-bond acceptors (Lipinski definition) is 4. The van der Waals surface area contributed by atoms with Crippen LogP contribution in [0.2, 0.25) is 0 Å². The molecular formula is C9H7N3O2S. The molecule has 1 heterocycles. The van der Waals surface area contributed by atoms with E-state index in [2.05, 4.69) is 9.97 Å². The fourth-order valence-electron chi connectivity index (χ4n) is 1.08. The third-order valence-electron chi connectivity index (χ3n) is 1.73. The van der Waals surface area contributed by atoms with E-state index >= 15 is 0 Å². The minimum absolute atomic E-state index is 0.0659. The van der Waals surface area contributed by atoms with Crippen LogP contribution in [0.3, 0.4) is 0 Å². The van der Waals surface area contributed by atoms with Gasteiger partial charge in [0.15, 0.2) is 11.4 Å². The number of hydrogen-bond donors (Lipinski definition) is 1. The van der Waals surface area contributed by atoms with Gasteiger partial charge in [-0.25, -0.2) is 9.97 Å². The molecule has 1 N–H and O–H groups in total. The van der Waals surface area contributed by atoms with Gasteiger partial charge in [0.2, 0.25) is 0 Å². The first-order valence-electron chi connectivity index (χ1n) is 4.18. The first-order chi connectivity index (χ1) is 7.27. The fraction of sp³-hybridized carbons (Fsp3) is 0. The Hall–Kier alpha value is -1.82. The van der Waals surface area contributed by atoms with E-state index in [9.17, 15) is 10.1 Å². The highest BCUT2D eigenvalue weighted by Gasteiger charge is 2.15. The molecule has 1 aromatic carbocycles. The highest BCUT2D eigenvalue weighted by molar-refractivity contribution is 7.99. The van der Waals surface area contributed by atoms with E-state index in [1.54, 1.807) is 0 Å². The molecule has 0 aliphatic carbocycles. The largest absolute Gasteiger partial charge is 0.358 e. The highest BCUT2D eigenvalue weighted by Crippen LogP contribution is 2.31. The van der Waals surface area contributed by atoms with E-state index in [-0.39, 0.29) is 5.82 Å². The van der Waals surface area contributed by atoms with Crippen molar-refractivity contribution in [1.82, 2.24) is 9.97 Å². The average Bonchev–Trinajstić information content (AvgIpc) is 2.67. The molecule has 15 heavy (non-hydrogen) atoms. The summed E-state index contributed by atoms with van der Waals surface area (Å²) in [7, 11) is 0. The van der Waals surface area contributed by atoms with Crippen molar-refractivity contribution >= 4 is 17.6 Å². The molecule has 1 aromatic heterocycles. The van der Waals surface area contributed by atoms with Crippen molar-refractivity contribution in [2.24, 2.45) is 0 Å². The average molecular weight is 221 g/mol. The Morgan fingerprint density at radius 2 is 2.07 bits per heavy atom. The molecule has 6 heteroatoms. The van der Waals surface area contributed by atoms with Crippen LogP contribution in [0, 0.1) is 10.1 Å². The number of benzene rings is 1. The van der Waals surface area contributed by atoms with Gasteiger partial charge in [0.05, 0.1) is 0 Å². The smallest absolute Gasteiger partial charge is 0.354 e. The Balaban J connectivity index is 2.25. The van der Waals surface area contributed by atoms with Gasteiger partial charge in [-0.3, -0.25) is 0 Å². The van der Waals surface area contributed by atoms with E-state index in [0.29, 0.717) is 5.03 Å². The molecule has 0 saturated heterocycles. The maximum Gasteiger partial charge on any atom is 0.354 e. The summed E-state index contributed by atoms with van der Waals surface area (Å²) in [5.74, 6) is -0.0659. The van der Waals surface area contributed by atoms with Crippen LogP contribution in [-0.4, -0.2) is 14.9 Å². The normalized spacial score (nSPS) is 10.1. The lowest BCUT2D eigenvalue weighted by Crippen LogP contribution is -1.89. The van der Waals surface area contributed by atoms with Gasteiger partial charge in [-0.1, -0.05) is 30.0 Å². The molecule has 0 saturated carbocycles. The number of aromatic nitrogens is 2. The third kappa shape index (κ3) is 2.16. The van der Waals surface area contributed by atoms with Crippen LogP contribution in [0.1, 0.15) is 0 Å². The van der Waals surface area contributed by atoms with E-state index in [0.717, 1.165) is 4.90 Å². The highest BCUT2D eigenvalue weighted by atomic mass is 32.2. The molecule has 0 atom stereocenters.